The molecule has 0 aliphatic rings. The van der Waals surface area contributed by atoms with E-state index in [-0.39, 0.29) is 5.97 Å². The SMILES string of the molecule is BC(N)C(=O)OC. The normalized spacial score (nSPS) is 12.9. The largest absolute Gasteiger partial charge is 0.468 e. The molecule has 7 heavy (non-hydrogen) atoms. The molecule has 0 fully saturated rings. The van der Waals surface area contributed by atoms with Crippen LogP contribution in [0.3, 0.4) is 0 Å². The Morgan fingerprint density at radius 3 is 2.43 bits per heavy atom. The highest BCUT2D eigenvalue weighted by Crippen LogP contribution is 1.72. The first-order chi connectivity index (χ1) is 3.18. The van der Waals surface area contributed by atoms with E-state index in [1.165, 1.54) is 7.11 Å². The molecule has 2 N–H and O–H groups in total. The van der Waals surface area contributed by atoms with Crippen molar-refractivity contribution in [2.75, 3.05) is 7.11 Å². The van der Waals surface area contributed by atoms with Crippen LogP contribution in [0.1, 0.15) is 0 Å². The van der Waals surface area contributed by atoms with Crippen molar-refractivity contribution in [1.29, 1.82) is 0 Å². The summed E-state index contributed by atoms with van der Waals surface area (Å²) in [6, 6.07) is 0. The molecule has 0 saturated heterocycles. The predicted octanol–water partition coefficient (Wildman–Crippen LogP) is -1.92. The number of esters is 1. The maximum Gasteiger partial charge on any atom is 0.313 e. The Labute approximate surface area is 43.2 Å². The van der Waals surface area contributed by atoms with Crippen molar-refractivity contribution >= 4 is 13.8 Å². The summed E-state index contributed by atoms with van der Waals surface area (Å²) in [5.41, 5.74) is 5.07. The molecule has 0 saturated carbocycles. The molecule has 0 rings (SSSR count). The fraction of sp³-hybridized carbons (Fsp3) is 0.667. The number of carbonyl (C=O) groups excluding carboxylic acids is 1. The average molecular weight is 101 g/mol. The first-order valence-corrected chi connectivity index (χ1v) is 2.02. The van der Waals surface area contributed by atoms with Crippen molar-refractivity contribution in [2.45, 2.75) is 5.94 Å². The van der Waals surface area contributed by atoms with Crippen molar-refractivity contribution in [3.8, 4) is 0 Å². The third-order valence-electron chi connectivity index (χ3n) is 0.573. The molecule has 0 aromatic carbocycles. The van der Waals surface area contributed by atoms with Gasteiger partial charge in [-0.2, -0.15) is 0 Å². The summed E-state index contributed by atoms with van der Waals surface area (Å²) in [6.45, 7) is 0. The molecule has 4 heteroatoms. The Morgan fingerprint density at radius 1 is 2.00 bits per heavy atom. The molecule has 0 amide bonds. The van der Waals surface area contributed by atoms with Crippen molar-refractivity contribution in [1.82, 2.24) is 0 Å². The zero-order valence-electron chi connectivity index (χ0n) is 4.47. The second-order valence-electron chi connectivity index (χ2n) is 1.31. The van der Waals surface area contributed by atoms with Crippen LogP contribution in [0.2, 0.25) is 0 Å². The third kappa shape index (κ3) is 2.22. The Hall–Kier alpha value is -0.505. The Morgan fingerprint density at radius 2 is 2.43 bits per heavy atom. The molecule has 0 heterocycles. The lowest BCUT2D eigenvalue weighted by atomic mass is 9.99. The van der Waals surface area contributed by atoms with E-state index in [2.05, 4.69) is 4.74 Å². The van der Waals surface area contributed by atoms with Gasteiger partial charge in [0.25, 0.3) is 0 Å². The van der Waals surface area contributed by atoms with Gasteiger partial charge in [-0.15, -0.1) is 0 Å². The minimum Gasteiger partial charge on any atom is -0.468 e. The number of carbonyl (C=O) groups is 1. The fourth-order valence-electron chi connectivity index (χ4n) is 0.186. The van der Waals surface area contributed by atoms with Crippen LogP contribution in [0, 0.1) is 0 Å². The molecule has 1 unspecified atom stereocenters. The lowest BCUT2D eigenvalue weighted by Crippen LogP contribution is -2.31. The number of ether oxygens (including phenoxy) is 1. The summed E-state index contributed by atoms with van der Waals surface area (Å²) < 4.78 is 4.25. The van der Waals surface area contributed by atoms with E-state index in [0.29, 0.717) is 0 Å². The standard InChI is InChI=1S/C3H8BNO2/c1-7-3(6)2(4)5/h2H,4-5H2,1H3. The van der Waals surface area contributed by atoms with Gasteiger partial charge < -0.3 is 10.5 Å². The van der Waals surface area contributed by atoms with E-state index >= 15 is 0 Å². The van der Waals surface area contributed by atoms with E-state index in [0.717, 1.165) is 0 Å². The maximum absolute atomic E-state index is 10.2. The fourth-order valence-corrected chi connectivity index (χ4v) is 0.186. The van der Waals surface area contributed by atoms with Gasteiger partial charge in [0.15, 0.2) is 0 Å². The van der Waals surface area contributed by atoms with E-state index in [1.54, 1.807) is 7.85 Å². The van der Waals surface area contributed by atoms with Crippen LogP contribution in [0.4, 0.5) is 0 Å². The van der Waals surface area contributed by atoms with Crippen molar-refractivity contribution in [3.05, 3.63) is 0 Å². The van der Waals surface area contributed by atoms with Crippen LogP contribution < -0.4 is 5.73 Å². The van der Waals surface area contributed by atoms with Gasteiger partial charge in [0.2, 0.25) is 0 Å². The van der Waals surface area contributed by atoms with Crippen LogP contribution in [-0.2, 0) is 9.53 Å². The smallest absolute Gasteiger partial charge is 0.313 e. The molecule has 0 aromatic heterocycles. The molecule has 3 nitrogen and oxygen atoms in total. The van der Waals surface area contributed by atoms with Crippen LogP contribution in [0.5, 0.6) is 0 Å². The third-order valence-corrected chi connectivity index (χ3v) is 0.573. The molecule has 1 atom stereocenters. The van der Waals surface area contributed by atoms with E-state index in [9.17, 15) is 4.79 Å². The number of methoxy groups -OCH3 is 1. The highest BCUT2D eigenvalue weighted by Gasteiger charge is 2.03. The number of hydrogen-bond donors (Lipinski definition) is 1. The summed E-state index contributed by atoms with van der Waals surface area (Å²) >= 11 is 0. The predicted molar refractivity (Wildman–Crippen MR) is 28.5 cm³/mol. The Kier molecular flexibility index (Phi) is 2.44. The number of rotatable bonds is 1. The maximum atomic E-state index is 10.2. The number of nitrogens with two attached hydrogens (primary N) is 1. The van der Waals surface area contributed by atoms with Crippen molar-refractivity contribution in [2.24, 2.45) is 5.73 Å². The van der Waals surface area contributed by atoms with Crippen LogP contribution in [0.15, 0.2) is 0 Å². The van der Waals surface area contributed by atoms with Crippen LogP contribution in [0.25, 0.3) is 0 Å². The highest BCUT2D eigenvalue weighted by atomic mass is 16.5. The minimum atomic E-state index is -0.495. The highest BCUT2D eigenvalue weighted by molar-refractivity contribution is 6.22. The molecule has 0 bridgehead atoms. The lowest BCUT2D eigenvalue weighted by Gasteiger charge is -1.98. The second kappa shape index (κ2) is 2.63. The Balaban J connectivity index is 3.35. The summed E-state index contributed by atoms with van der Waals surface area (Å²) in [5, 5.41) is 0. The van der Waals surface area contributed by atoms with Gasteiger partial charge in [0.05, 0.1) is 13.1 Å². The molecule has 0 spiro atoms. The average Bonchev–Trinajstić information content (AvgIpc) is 1.65. The summed E-state index contributed by atoms with van der Waals surface area (Å²) in [4.78, 5) is 10.2. The van der Waals surface area contributed by atoms with Gasteiger partial charge in [0.1, 0.15) is 7.85 Å². The quantitative estimate of drug-likeness (QED) is 0.309. The topological polar surface area (TPSA) is 52.3 Å². The van der Waals surface area contributed by atoms with E-state index < -0.39 is 5.94 Å². The minimum absolute atomic E-state index is 0.375. The zero-order valence-corrected chi connectivity index (χ0v) is 4.47. The molecule has 0 aromatic rings. The second-order valence-corrected chi connectivity index (χ2v) is 1.31. The molecule has 0 aliphatic heterocycles. The van der Waals surface area contributed by atoms with Gasteiger partial charge in [0, 0.05) is 0 Å². The van der Waals surface area contributed by atoms with Gasteiger partial charge in [-0.05, 0) is 0 Å². The van der Waals surface area contributed by atoms with Gasteiger partial charge in [-0.25, -0.2) is 0 Å². The number of hydrogen-bond acceptors (Lipinski definition) is 3. The van der Waals surface area contributed by atoms with Crippen LogP contribution >= 0.6 is 0 Å². The first-order valence-electron chi connectivity index (χ1n) is 2.02. The molecular weight excluding hydrogens is 92.8 g/mol. The molecule has 40 valence electrons. The monoisotopic (exact) mass is 101 g/mol. The summed E-state index contributed by atoms with van der Waals surface area (Å²) in [7, 11) is 2.89. The molecular formula is C3H8BNO2. The molecule has 0 radical (unpaired) electrons. The lowest BCUT2D eigenvalue weighted by molar-refractivity contribution is -0.140. The van der Waals surface area contributed by atoms with Crippen LogP contribution in [-0.4, -0.2) is 26.9 Å². The summed E-state index contributed by atoms with van der Waals surface area (Å²) in [5.74, 6) is -0.870. The Bertz CT molecular complexity index is 73.3. The first kappa shape index (κ1) is 6.49. The van der Waals surface area contributed by atoms with Crippen molar-refractivity contribution in [3.63, 3.8) is 0 Å². The van der Waals surface area contributed by atoms with Gasteiger partial charge >= 0.3 is 5.97 Å². The van der Waals surface area contributed by atoms with E-state index in [1.807, 2.05) is 0 Å². The van der Waals surface area contributed by atoms with Gasteiger partial charge in [-0.1, -0.05) is 0 Å². The van der Waals surface area contributed by atoms with Crippen molar-refractivity contribution < 1.29 is 9.53 Å². The van der Waals surface area contributed by atoms with Gasteiger partial charge in [-0.3, -0.25) is 4.79 Å². The zero-order chi connectivity index (χ0) is 5.86. The molecule has 0 aliphatic carbocycles. The van der Waals surface area contributed by atoms with E-state index in [4.69, 9.17) is 5.73 Å². The summed E-state index contributed by atoms with van der Waals surface area (Å²) in [6.07, 6.45) is 0.